The quantitative estimate of drug-likeness (QED) is 0.693. The molecule has 2 atom stereocenters. The number of aromatic nitrogens is 1. The Balaban J connectivity index is 1.34. The number of fused-ring (bicyclic) bond motifs is 3. The number of nitrogens with zero attached hydrogens (tertiary/aromatic N) is 2. The number of hydrogen-bond donors (Lipinski definition) is 1. The fraction of sp³-hybridized carbons (Fsp3) is 0.333. The van der Waals surface area contributed by atoms with Gasteiger partial charge in [0, 0.05) is 24.5 Å². The lowest BCUT2D eigenvalue weighted by atomic mass is 9.77. The summed E-state index contributed by atoms with van der Waals surface area (Å²) >= 11 is 1.53. The number of pyridine rings is 1. The van der Waals surface area contributed by atoms with Gasteiger partial charge in [-0.3, -0.25) is 14.7 Å². The second kappa shape index (κ2) is 8.09. The predicted molar refractivity (Wildman–Crippen MR) is 117 cm³/mol. The van der Waals surface area contributed by atoms with Crippen molar-refractivity contribution in [3.63, 3.8) is 0 Å². The van der Waals surface area contributed by atoms with E-state index < -0.39 is 0 Å². The van der Waals surface area contributed by atoms with Crippen LogP contribution in [-0.2, 0) is 6.42 Å². The van der Waals surface area contributed by atoms with Gasteiger partial charge in [-0.15, -0.1) is 11.3 Å². The molecule has 2 bridgehead atoms. The number of amides is 1. The molecule has 5 heterocycles. The monoisotopic (exact) mass is 403 g/mol. The van der Waals surface area contributed by atoms with E-state index >= 15 is 0 Å². The van der Waals surface area contributed by atoms with Crippen LogP contribution in [0.1, 0.15) is 28.1 Å². The first-order valence-corrected chi connectivity index (χ1v) is 11.2. The van der Waals surface area contributed by atoms with E-state index in [1.807, 2.05) is 42.7 Å². The highest BCUT2D eigenvalue weighted by atomic mass is 32.1. The SMILES string of the molecule is O=C(N[C@@H]1C2CCN(CC2)[C@H]1Cc1cccnc1)c1cc(-c2ccccc2)cs1. The zero-order valence-electron chi connectivity index (χ0n) is 16.3. The van der Waals surface area contributed by atoms with Crippen LogP contribution in [0.3, 0.4) is 0 Å². The van der Waals surface area contributed by atoms with Crippen LogP contribution in [-0.4, -0.2) is 41.0 Å². The van der Waals surface area contributed by atoms with Crippen LogP contribution in [0.15, 0.2) is 66.3 Å². The van der Waals surface area contributed by atoms with Crippen molar-refractivity contribution in [1.29, 1.82) is 0 Å². The van der Waals surface area contributed by atoms with Crippen LogP contribution in [0.4, 0.5) is 0 Å². The van der Waals surface area contributed by atoms with Gasteiger partial charge in [0.1, 0.15) is 0 Å². The minimum absolute atomic E-state index is 0.0621. The molecule has 29 heavy (non-hydrogen) atoms. The minimum atomic E-state index is 0.0621. The first kappa shape index (κ1) is 18.5. The van der Waals surface area contributed by atoms with Crippen LogP contribution >= 0.6 is 11.3 Å². The fourth-order valence-corrected chi connectivity index (χ4v) is 5.66. The summed E-state index contributed by atoms with van der Waals surface area (Å²) in [5.41, 5.74) is 3.51. The summed E-state index contributed by atoms with van der Waals surface area (Å²) in [6, 6.07) is 17.0. The molecule has 3 aliphatic heterocycles. The molecule has 0 aliphatic carbocycles. The van der Waals surface area contributed by atoms with Crippen molar-refractivity contribution in [2.75, 3.05) is 13.1 Å². The van der Waals surface area contributed by atoms with Gasteiger partial charge in [-0.25, -0.2) is 0 Å². The number of nitrogens with one attached hydrogen (secondary N) is 1. The summed E-state index contributed by atoms with van der Waals surface area (Å²) in [5, 5.41) is 5.49. The zero-order chi connectivity index (χ0) is 19.6. The first-order chi connectivity index (χ1) is 14.3. The Kier molecular flexibility index (Phi) is 5.17. The standard InChI is InChI=1S/C24H25N3OS/c28-24(22-14-20(16-29-22)18-6-2-1-3-7-18)26-23-19-8-11-27(12-9-19)21(23)13-17-5-4-10-25-15-17/h1-7,10,14-16,19,21,23H,8-9,11-13H2,(H,26,28)/t21-,23+/m0/s1. The van der Waals surface area contributed by atoms with E-state index in [-0.39, 0.29) is 11.9 Å². The number of carbonyl (C=O) groups excluding carboxylic acids is 1. The fourth-order valence-electron chi connectivity index (χ4n) is 4.84. The third kappa shape index (κ3) is 3.85. The maximum atomic E-state index is 13.1. The topological polar surface area (TPSA) is 45.2 Å². The van der Waals surface area contributed by atoms with E-state index in [2.05, 4.69) is 38.8 Å². The number of thiophene rings is 1. The largest absolute Gasteiger partial charge is 0.347 e. The number of piperidine rings is 3. The Morgan fingerprint density at radius 2 is 1.93 bits per heavy atom. The Hall–Kier alpha value is -2.50. The van der Waals surface area contributed by atoms with Gasteiger partial charge >= 0.3 is 0 Å². The smallest absolute Gasteiger partial charge is 0.261 e. The molecular weight excluding hydrogens is 378 g/mol. The van der Waals surface area contributed by atoms with E-state index in [9.17, 15) is 4.79 Å². The second-order valence-electron chi connectivity index (χ2n) is 8.07. The summed E-state index contributed by atoms with van der Waals surface area (Å²) in [6.07, 6.45) is 7.06. The van der Waals surface area contributed by atoms with Gasteiger partial charge < -0.3 is 5.32 Å². The molecule has 0 saturated carbocycles. The van der Waals surface area contributed by atoms with E-state index in [1.54, 1.807) is 0 Å². The lowest BCUT2D eigenvalue weighted by Gasteiger charge is -2.51. The molecule has 0 radical (unpaired) electrons. The lowest BCUT2D eigenvalue weighted by Crippen LogP contribution is -2.64. The van der Waals surface area contributed by atoms with Gasteiger partial charge in [-0.1, -0.05) is 36.4 Å². The molecule has 0 unspecified atom stereocenters. The summed E-state index contributed by atoms with van der Waals surface area (Å²) in [5.74, 6) is 0.631. The van der Waals surface area contributed by atoms with Crippen molar-refractivity contribution >= 4 is 17.2 Å². The second-order valence-corrected chi connectivity index (χ2v) is 8.98. The molecular formula is C24H25N3OS. The minimum Gasteiger partial charge on any atom is -0.347 e. The molecule has 1 N–H and O–H groups in total. The molecule has 3 saturated heterocycles. The third-order valence-electron chi connectivity index (χ3n) is 6.36. The molecule has 148 valence electrons. The van der Waals surface area contributed by atoms with Gasteiger partial charge in [0.15, 0.2) is 0 Å². The maximum Gasteiger partial charge on any atom is 0.261 e. The highest BCUT2D eigenvalue weighted by molar-refractivity contribution is 7.12. The lowest BCUT2D eigenvalue weighted by molar-refractivity contribution is 0.0137. The van der Waals surface area contributed by atoms with Crippen molar-refractivity contribution in [3.05, 3.63) is 76.7 Å². The highest BCUT2D eigenvalue weighted by Gasteiger charge is 2.42. The molecule has 6 rings (SSSR count). The Morgan fingerprint density at radius 1 is 1.10 bits per heavy atom. The van der Waals surface area contributed by atoms with Gasteiger partial charge in [-0.05, 0) is 72.5 Å². The molecule has 1 amide bonds. The van der Waals surface area contributed by atoms with Crippen LogP contribution in [0.25, 0.3) is 11.1 Å². The average Bonchev–Trinajstić information content (AvgIpc) is 3.28. The molecule has 4 nitrogen and oxygen atoms in total. The highest BCUT2D eigenvalue weighted by Crippen LogP contribution is 2.34. The van der Waals surface area contributed by atoms with E-state index in [1.165, 1.54) is 29.7 Å². The molecule has 2 aromatic heterocycles. The molecule has 3 aliphatic rings. The Bertz CT molecular complexity index is 964. The van der Waals surface area contributed by atoms with Crippen molar-refractivity contribution < 1.29 is 4.79 Å². The van der Waals surface area contributed by atoms with E-state index in [0.29, 0.717) is 12.0 Å². The molecule has 3 fully saturated rings. The summed E-state index contributed by atoms with van der Waals surface area (Å²) in [4.78, 5) is 20.7. The van der Waals surface area contributed by atoms with Crippen LogP contribution in [0, 0.1) is 5.92 Å². The van der Waals surface area contributed by atoms with Crippen molar-refractivity contribution in [2.45, 2.75) is 31.3 Å². The average molecular weight is 404 g/mol. The number of rotatable bonds is 5. The Labute approximate surface area is 175 Å². The van der Waals surface area contributed by atoms with Crippen LogP contribution in [0.2, 0.25) is 0 Å². The van der Waals surface area contributed by atoms with Crippen LogP contribution < -0.4 is 5.32 Å². The molecule has 5 heteroatoms. The number of carbonyl (C=O) groups is 1. The van der Waals surface area contributed by atoms with Crippen molar-refractivity contribution in [3.8, 4) is 11.1 Å². The van der Waals surface area contributed by atoms with Crippen LogP contribution in [0.5, 0.6) is 0 Å². The Morgan fingerprint density at radius 3 is 2.69 bits per heavy atom. The van der Waals surface area contributed by atoms with Crippen molar-refractivity contribution in [2.24, 2.45) is 5.92 Å². The normalized spacial score (nSPS) is 25.7. The van der Waals surface area contributed by atoms with E-state index in [0.717, 1.165) is 35.5 Å². The number of hydrogen-bond acceptors (Lipinski definition) is 4. The van der Waals surface area contributed by atoms with Gasteiger partial charge in [0.25, 0.3) is 5.91 Å². The predicted octanol–water partition coefficient (Wildman–Crippen LogP) is 4.25. The third-order valence-corrected chi connectivity index (χ3v) is 7.29. The van der Waals surface area contributed by atoms with Gasteiger partial charge in [0.2, 0.25) is 0 Å². The van der Waals surface area contributed by atoms with Gasteiger partial charge in [0.05, 0.1) is 4.88 Å². The van der Waals surface area contributed by atoms with E-state index in [4.69, 9.17) is 0 Å². The van der Waals surface area contributed by atoms with Gasteiger partial charge in [-0.2, -0.15) is 0 Å². The number of benzene rings is 1. The van der Waals surface area contributed by atoms with Crippen molar-refractivity contribution in [1.82, 2.24) is 15.2 Å². The zero-order valence-corrected chi connectivity index (χ0v) is 17.1. The summed E-state index contributed by atoms with van der Waals surface area (Å²) in [7, 11) is 0. The molecule has 1 aromatic carbocycles. The molecule has 0 spiro atoms. The maximum absolute atomic E-state index is 13.1. The summed E-state index contributed by atoms with van der Waals surface area (Å²) in [6.45, 7) is 2.28. The first-order valence-electron chi connectivity index (χ1n) is 10.4. The molecule has 3 aromatic rings. The summed E-state index contributed by atoms with van der Waals surface area (Å²) < 4.78 is 0.